The van der Waals surface area contributed by atoms with Crippen molar-refractivity contribution in [2.75, 3.05) is 7.11 Å². The highest BCUT2D eigenvalue weighted by Gasteiger charge is 2.35. The third kappa shape index (κ3) is 3.01. The van der Waals surface area contributed by atoms with E-state index in [-0.39, 0.29) is 0 Å². The second-order valence-corrected chi connectivity index (χ2v) is 4.85. The quantitative estimate of drug-likeness (QED) is 0.809. The Balaban J connectivity index is 2.04. The zero-order valence-electron chi connectivity index (χ0n) is 10.8. The lowest BCUT2D eigenvalue weighted by atomic mass is 10.1. The number of ether oxygens (including phenoxy) is 1. The third-order valence-corrected chi connectivity index (χ3v) is 3.31. The van der Waals surface area contributed by atoms with E-state index in [1.165, 1.54) is 0 Å². The van der Waals surface area contributed by atoms with Crippen LogP contribution in [-0.4, -0.2) is 24.2 Å². The summed E-state index contributed by atoms with van der Waals surface area (Å²) < 4.78 is 5.28. The van der Waals surface area contributed by atoms with Crippen molar-refractivity contribution in [2.45, 2.75) is 32.4 Å². The van der Waals surface area contributed by atoms with Crippen LogP contribution in [0, 0.1) is 12.8 Å². The van der Waals surface area contributed by atoms with E-state index >= 15 is 0 Å². The Morgan fingerprint density at radius 1 is 1.56 bits per heavy atom. The van der Waals surface area contributed by atoms with Gasteiger partial charge in [0.25, 0.3) is 0 Å². The van der Waals surface area contributed by atoms with Crippen molar-refractivity contribution in [2.24, 2.45) is 5.92 Å². The van der Waals surface area contributed by atoms with Crippen LogP contribution in [-0.2, 0) is 11.3 Å². The second kappa shape index (κ2) is 5.40. The molecular formula is C14H19NO3. The summed E-state index contributed by atoms with van der Waals surface area (Å²) in [5.74, 6) is 0.329. The van der Waals surface area contributed by atoms with E-state index in [4.69, 9.17) is 9.84 Å². The molecule has 1 fully saturated rings. The predicted molar refractivity (Wildman–Crippen MR) is 68.7 cm³/mol. The summed E-state index contributed by atoms with van der Waals surface area (Å²) in [6, 6.07) is 5.49. The van der Waals surface area contributed by atoms with Gasteiger partial charge in [0.15, 0.2) is 0 Å². The molecule has 1 aliphatic carbocycles. The number of carboxylic acid groups (broad SMARTS) is 1. The minimum Gasteiger partial charge on any atom is -0.496 e. The van der Waals surface area contributed by atoms with E-state index in [1.807, 2.05) is 25.1 Å². The van der Waals surface area contributed by atoms with E-state index in [2.05, 4.69) is 5.32 Å². The molecule has 0 aromatic heterocycles. The second-order valence-electron chi connectivity index (χ2n) is 4.85. The third-order valence-electron chi connectivity index (χ3n) is 3.31. The summed E-state index contributed by atoms with van der Waals surface area (Å²) in [5.41, 5.74) is 2.15. The van der Waals surface area contributed by atoms with Crippen LogP contribution in [0.3, 0.4) is 0 Å². The number of carboxylic acids is 1. The van der Waals surface area contributed by atoms with Crippen molar-refractivity contribution >= 4 is 5.97 Å². The van der Waals surface area contributed by atoms with Crippen LogP contribution in [0.1, 0.15) is 24.0 Å². The summed E-state index contributed by atoms with van der Waals surface area (Å²) in [6.45, 7) is 2.54. The topological polar surface area (TPSA) is 58.6 Å². The maximum Gasteiger partial charge on any atom is 0.320 e. The highest BCUT2D eigenvalue weighted by Crippen LogP contribution is 2.33. The molecule has 1 aromatic rings. The molecule has 18 heavy (non-hydrogen) atoms. The van der Waals surface area contributed by atoms with Crippen LogP contribution in [0.4, 0.5) is 0 Å². The maximum absolute atomic E-state index is 11.1. The van der Waals surface area contributed by atoms with Crippen molar-refractivity contribution in [3.05, 3.63) is 29.3 Å². The highest BCUT2D eigenvalue weighted by molar-refractivity contribution is 5.74. The van der Waals surface area contributed by atoms with Gasteiger partial charge in [-0.1, -0.05) is 17.7 Å². The lowest BCUT2D eigenvalue weighted by molar-refractivity contribution is -0.140. The smallest absolute Gasteiger partial charge is 0.320 e. The van der Waals surface area contributed by atoms with Crippen LogP contribution >= 0.6 is 0 Å². The molecule has 98 valence electrons. The lowest BCUT2D eigenvalue weighted by Gasteiger charge is -2.15. The molecule has 4 heteroatoms. The molecule has 1 aromatic carbocycles. The van der Waals surface area contributed by atoms with Crippen LogP contribution in [0.15, 0.2) is 18.2 Å². The fraction of sp³-hybridized carbons (Fsp3) is 0.500. The van der Waals surface area contributed by atoms with Gasteiger partial charge < -0.3 is 9.84 Å². The van der Waals surface area contributed by atoms with Crippen LogP contribution in [0.2, 0.25) is 0 Å². The fourth-order valence-corrected chi connectivity index (χ4v) is 2.15. The Labute approximate surface area is 107 Å². The molecule has 0 spiro atoms. The Hall–Kier alpha value is -1.55. The van der Waals surface area contributed by atoms with Crippen LogP contribution < -0.4 is 10.1 Å². The molecule has 1 atom stereocenters. The normalized spacial score (nSPS) is 16.3. The number of aliphatic carboxylic acids is 1. The molecular weight excluding hydrogens is 230 g/mol. The summed E-state index contributed by atoms with van der Waals surface area (Å²) in [6.07, 6.45) is 2.02. The number of benzene rings is 1. The Kier molecular flexibility index (Phi) is 3.87. The Morgan fingerprint density at radius 3 is 2.83 bits per heavy atom. The van der Waals surface area contributed by atoms with E-state index in [0.717, 1.165) is 29.7 Å². The van der Waals surface area contributed by atoms with Crippen molar-refractivity contribution in [3.8, 4) is 5.75 Å². The van der Waals surface area contributed by atoms with Crippen molar-refractivity contribution in [1.29, 1.82) is 0 Å². The summed E-state index contributed by atoms with van der Waals surface area (Å²) >= 11 is 0. The van der Waals surface area contributed by atoms with Gasteiger partial charge in [-0.05, 0) is 31.7 Å². The van der Waals surface area contributed by atoms with Gasteiger partial charge in [0.2, 0.25) is 0 Å². The van der Waals surface area contributed by atoms with Crippen molar-refractivity contribution in [3.63, 3.8) is 0 Å². The van der Waals surface area contributed by atoms with Crippen LogP contribution in [0.5, 0.6) is 5.75 Å². The largest absolute Gasteiger partial charge is 0.496 e. The number of nitrogens with one attached hydrogen (secondary N) is 1. The first-order valence-corrected chi connectivity index (χ1v) is 6.21. The number of aryl methyl sites for hydroxylation is 1. The molecule has 0 aliphatic heterocycles. The predicted octanol–water partition coefficient (Wildman–Crippen LogP) is 1.96. The van der Waals surface area contributed by atoms with Gasteiger partial charge in [0, 0.05) is 12.1 Å². The van der Waals surface area contributed by atoms with Crippen molar-refractivity contribution < 1.29 is 14.6 Å². The van der Waals surface area contributed by atoms with E-state index in [9.17, 15) is 4.79 Å². The molecule has 1 saturated carbocycles. The lowest BCUT2D eigenvalue weighted by Crippen LogP contribution is -2.38. The minimum atomic E-state index is -0.760. The molecule has 0 heterocycles. The minimum absolute atomic E-state index is 0.290. The first kappa shape index (κ1) is 12.9. The molecule has 1 aliphatic rings. The van der Waals surface area contributed by atoms with E-state index in [1.54, 1.807) is 7.11 Å². The van der Waals surface area contributed by atoms with E-state index in [0.29, 0.717) is 12.5 Å². The van der Waals surface area contributed by atoms with Gasteiger partial charge in [-0.3, -0.25) is 10.1 Å². The molecule has 0 bridgehead atoms. The average Bonchev–Trinajstić information content (AvgIpc) is 3.13. The van der Waals surface area contributed by atoms with Gasteiger partial charge in [0.05, 0.1) is 7.11 Å². The number of hydrogen-bond donors (Lipinski definition) is 2. The van der Waals surface area contributed by atoms with Crippen molar-refractivity contribution in [1.82, 2.24) is 5.32 Å². The summed E-state index contributed by atoms with van der Waals surface area (Å²) in [7, 11) is 1.63. The monoisotopic (exact) mass is 249 g/mol. The molecule has 0 saturated heterocycles. The maximum atomic E-state index is 11.1. The average molecular weight is 249 g/mol. The van der Waals surface area contributed by atoms with Gasteiger partial charge >= 0.3 is 5.97 Å². The molecule has 2 N–H and O–H groups in total. The molecule has 1 unspecified atom stereocenters. The fourth-order valence-electron chi connectivity index (χ4n) is 2.15. The standard InChI is InChI=1S/C14H19NO3/c1-9-3-6-12(18-2)11(7-9)8-15-13(14(16)17)10-4-5-10/h3,6-7,10,13,15H,4-5,8H2,1-2H3,(H,16,17). The SMILES string of the molecule is COc1ccc(C)cc1CNC(C(=O)O)C1CC1. The molecule has 0 radical (unpaired) electrons. The van der Waals surface area contributed by atoms with E-state index < -0.39 is 12.0 Å². The number of carbonyl (C=O) groups is 1. The molecule has 0 amide bonds. The van der Waals surface area contributed by atoms with Gasteiger partial charge in [-0.15, -0.1) is 0 Å². The number of hydrogen-bond acceptors (Lipinski definition) is 3. The number of rotatable bonds is 6. The van der Waals surface area contributed by atoms with Gasteiger partial charge in [-0.2, -0.15) is 0 Å². The molecule has 2 rings (SSSR count). The van der Waals surface area contributed by atoms with Gasteiger partial charge in [0.1, 0.15) is 11.8 Å². The highest BCUT2D eigenvalue weighted by atomic mass is 16.5. The summed E-state index contributed by atoms with van der Waals surface area (Å²) in [5, 5.41) is 12.3. The Morgan fingerprint density at radius 2 is 2.28 bits per heavy atom. The summed E-state index contributed by atoms with van der Waals surface area (Å²) in [4.78, 5) is 11.1. The first-order valence-electron chi connectivity index (χ1n) is 6.21. The zero-order valence-corrected chi connectivity index (χ0v) is 10.8. The Bertz CT molecular complexity index is 441. The zero-order chi connectivity index (χ0) is 13.1. The van der Waals surface area contributed by atoms with Crippen LogP contribution in [0.25, 0.3) is 0 Å². The molecule has 4 nitrogen and oxygen atoms in total. The first-order chi connectivity index (χ1) is 8.61. The van der Waals surface area contributed by atoms with Gasteiger partial charge in [-0.25, -0.2) is 0 Å². The number of methoxy groups -OCH3 is 1.